The van der Waals surface area contributed by atoms with Gasteiger partial charge in [0.25, 0.3) is 0 Å². The third-order valence-electron chi connectivity index (χ3n) is 2.78. The predicted molar refractivity (Wildman–Crippen MR) is 90.1 cm³/mol. The maximum atomic E-state index is 11.9. The number of nitrogens with zero attached hydrogens (tertiary/aromatic N) is 1. The molecule has 3 nitrogen and oxygen atoms in total. The van der Waals surface area contributed by atoms with Gasteiger partial charge in [0, 0.05) is 37.0 Å². The van der Waals surface area contributed by atoms with E-state index in [2.05, 4.69) is 0 Å². The minimum Gasteiger partial charge on any atom is -0.456 e. The fourth-order valence-electron chi connectivity index (χ4n) is 1.69. The molecule has 114 valence electrons. The number of rotatable bonds is 5. The van der Waals surface area contributed by atoms with E-state index in [1.165, 1.54) is 6.08 Å². The van der Waals surface area contributed by atoms with Gasteiger partial charge in [0.15, 0.2) is 5.78 Å². The summed E-state index contributed by atoms with van der Waals surface area (Å²) in [7, 11) is 3.72. The lowest BCUT2D eigenvalue weighted by Gasteiger charge is -2.08. The van der Waals surface area contributed by atoms with E-state index in [9.17, 15) is 4.79 Å². The molecular formula is C17H15Cl2NO2. The Kier molecular flexibility index (Phi) is 5.47. The first-order valence-electron chi connectivity index (χ1n) is 6.57. The molecule has 2 rings (SSSR count). The van der Waals surface area contributed by atoms with Gasteiger partial charge in [-0.3, -0.25) is 4.79 Å². The van der Waals surface area contributed by atoms with E-state index in [1.807, 2.05) is 14.1 Å². The molecule has 0 amide bonds. The molecule has 0 saturated carbocycles. The van der Waals surface area contributed by atoms with Crippen molar-refractivity contribution in [3.05, 3.63) is 70.3 Å². The summed E-state index contributed by atoms with van der Waals surface area (Å²) in [5, 5.41) is 0.979. The minimum absolute atomic E-state index is 0.0650. The molecular weight excluding hydrogens is 321 g/mol. The first-order chi connectivity index (χ1) is 10.5. The maximum absolute atomic E-state index is 11.9. The lowest BCUT2D eigenvalue weighted by molar-refractivity contribution is 0.104. The molecule has 0 unspecified atom stereocenters. The van der Waals surface area contributed by atoms with Crippen molar-refractivity contribution < 1.29 is 9.53 Å². The minimum atomic E-state index is -0.0650. The van der Waals surface area contributed by atoms with Crippen molar-refractivity contribution in [3.8, 4) is 11.5 Å². The summed E-state index contributed by atoms with van der Waals surface area (Å²) in [6, 6.07) is 11.9. The second kappa shape index (κ2) is 7.34. The van der Waals surface area contributed by atoms with Gasteiger partial charge in [-0.05, 0) is 42.5 Å². The third kappa shape index (κ3) is 4.52. The summed E-state index contributed by atoms with van der Waals surface area (Å²) in [5.41, 5.74) is 0.590. The largest absolute Gasteiger partial charge is 0.456 e. The van der Waals surface area contributed by atoms with Crippen molar-refractivity contribution in [3.63, 3.8) is 0 Å². The van der Waals surface area contributed by atoms with Crippen LogP contribution in [-0.4, -0.2) is 24.8 Å². The van der Waals surface area contributed by atoms with Crippen molar-refractivity contribution in [1.29, 1.82) is 0 Å². The average Bonchev–Trinajstić information content (AvgIpc) is 2.48. The maximum Gasteiger partial charge on any atom is 0.187 e. The number of ether oxygens (including phenoxy) is 1. The smallest absolute Gasteiger partial charge is 0.187 e. The number of carbonyl (C=O) groups excluding carboxylic acids is 1. The van der Waals surface area contributed by atoms with E-state index in [4.69, 9.17) is 27.9 Å². The Morgan fingerprint density at radius 3 is 2.36 bits per heavy atom. The van der Waals surface area contributed by atoms with Crippen LogP contribution in [0.5, 0.6) is 11.5 Å². The first kappa shape index (κ1) is 16.4. The fraction of sp³-hybridized carbons (Fsp3) is 0.118. The van der Waals surface area contributed by atoms with Crippen LogP contribution in [0.25, 0.3) is 0 Å². The van der Waals surface area contributed by atoms with Gasteiger partial charge in [0.05, 0.1) is 5.02 Å². The molecule has 2 aromatic rings. The zero-order valence-electron chi connectivity index (χ0n) is 12.2. The van der Waals surface area contributed by atoms with E-state index < -0.39 is 0 Å². The van der Waals surface area contributed by atoms with Crippen molar-refractivity contribution in [2.24, 2.45) is 0 Å². The predicted octanol–water partition coefficient (Wildman–Crippen LogP) is 5.04. The lowest BCUT2D eigenvalue weighted by Crippen LogP contribution is -2.03. The topological polar surface area (TPSA) is 29.5 Å². The van der Waals surface area contributed by atoms with Crippen LogP contribution in [0.4, 0.5) is 0 Å². The van der Waals surface area contributed by atoms with Gasteiger partial charge in [-0.15, -0.1) is 0 Å². The Morgan fingerprint density at radius 2 is 1.77 bits per heavy atom. The highest BCUT2D eigenvalue weighted by atomic mass is 35.5. The fourth-order valence-corrected chi connectivity index (χ4v) is 2.13. The summed E-state index contributed by atoms with van der Waals surface area (Å²) in [6.07, 6.45) is 3.23. The molecule has 0 atom stereocenters. The lowest BCUT2D eigenvalue weighted by atomic mass is 10.1. The van der Waals surface area contributed by atoms with E-state index >= 15 is 0 Å². The molecule has 0 bridgehead atoms. The molecule has 0 aromatic heterocycles. The van der Waals surface area contributed by atoms with Crippen LogP contribution < -0.4 is 4.74 Å². The van der Waals surface area contributed by atoms with Gasteiger partial charge < -0.3 is 9.64 Å². The van der Waals surface area contributed by atoms with Crippen LogP contribution >= 0.6 is 23.2 Å². The van der Waals surface area contributed by atoms with Crippen LogP contribution in [0.2, 0.25) is 10.0 Å². The highest BCUT2D eigenvalue weighted by Gasteiger charge is 2.06. The van der Waals surface area contributed by atoms with Crippen molar-refractivity contribution in [2.75, 3.05) is 14.1 Å². The van der Waals surface area contributed by atoms with Crippen molar-refractivity contribution in [2.45, 2.75) is 0 Å². The molecule has 0 radical (unpaired) electrons. The van der Waals surface area contributed by atoms with Gasteiger partial charge in [0.1, 0.15) is 11.5 Å². The highest BCUT2D eigenvalue weighted by molar-refractivity contribution is 6.35. The summed E-state index contributed by atoms with van der Waals surface area (Å²) < 4.78 is 5.67. The number of hydrogen-bond donors (Lipinski definition) is 0. The molecule has 0 aliphatic heterocycles. The van der Waals surface area contributed by atoms with E-state index in [1.54, 1.807) is 53.6 Å². The number of halogens is 2. The van der Waals surface area contributed by atoms with Gasteiger partial charge in [-0.2, -0.15) is 0 Å². The van der Waals surface area contributed by atoms with E-state index in [0.717, 1.165) is 0 Å². The molecule has 0 aliphatic rings. The molecule has 0 spiro atoms. The average molecular weight is 336 g/mol. The van der Waals surface area contributed by atoms with Gasteiger partial charge in [-0.1, -0.05) is 23.2 Å². The van der Waals surface area contributed by atoms with Crippen molar-refractivity contribution >= 4 is 29.0 Å². The second-order valence-electron chi connectivity index (χ2n) is 4.84. The Bertz CT molecular complexity index is 694. The van der Waals surface area contributed by atoms with Crippen molar-refractivity contribution in [1.82, 2.24) is 4.90 Å². The van der Waals surface area contributed by atoms with E-state index in [0.29, 0.717) is 27.1 Å². The molecule has 0 saturated heterocycles. The Labute approximate surface area is 139 Å². The van der Waals surface area contributed by atoms with Gasteiger partial charge in [-0.25, -0.2) is 0 Å². The summed E-state index contributed by atoms with van der Waals surface area (Å²) in [5.74, 6) is 1.04. The Morgan fingerprint density at radius 1 is 1.09 bits per heavy atom. The standard InChI is InChI=1S/C17H15Cl2NO2/c1-20(2)10-9-16(21)12-3-6-14(7-4-12)22-17-8-5-13(18)11-15(17)19/h3-11H,1-2H3. The SMILES string of the molecule is CN(C)C=CC(=O)c1ccc(Oc2ccc(Cl)cc2Cl)cc1. The highest BCUT2D eigenvalue weighted by Crippen LogP contribution is 2.31. The molecule has 0 aliphatic carbocycles. The number of carbonyl (C=O) groups is 1. The molecule has 2 aromatic carbocycles. The summed E-state index contributed by atoms with van der Waals surface area (Å²) in [6.45, 7) is 0. The number of allylic oxidation sites excluding steroid dienone is 1. The van der Waals surface area contributed by atoms with Gasteiger partial charge in [0.2, 0.25) is 0 Å². The van der Waals surface area contributed by atoms with Crippen LogP contribution in [-0.2, 0) is 0 Å². The summed E-state index contributed by atoms with van der Waals surface area (Å²) in [4.78, 5) is 13.7. The van der Waals surface area contributed by atoms with E-state index in [-0.39, 0.29) is 5.78 Å². The first-order valence-corrected chi connectivity index (χ1v) is 7.33. The second-order valence-corrected chi connectivity index (χ2v) is 5.69. The zero-order valence-corrected chi connectivity index (χ0v) is 13.7. The quantitative estimate of drug-likeness (QED) is 0.566. The molecule has 0 N–H and O–H groups in total. The zero-order chi connectivity index (χ0) is 16.1. The Hall–Kier alpha value is -1.97. The van der Waals surface area contributed by atoms with Crippen LogP contribution in [0, 0.1) is 0 Å². The monoisotopic (exact) mass is 335 g/mol. The van der Waals surface area contributed by atoms with Crippen LogP contribution in [0.15, 0.2) is 54.7 Å². The van der Waals surface area contributed by atoms with Gasteiger partial charge >= 0.3 is 0 Å². The third-order valence-corrected chi connectivity index (χ3v) is 3.32. The molecule has 0 fully saturated rings. The molecule has 5 heteroatoms. The molecule has 0 heterocycles. The normalized spacial score (nSPS) is 10.7. The molecule has 22 heavy (non-hydrogen) atoms. The Balaban J connectivity index is 2.10. The summed E-state index contributed by atoms with van der Waals surface area (Å²) >= 11 is 11.9. The number of ketones is 1. The van der Waals surface area contributed by atoms with Crippen LogP contribution in [0.3, 0.4) is 0 Å². The number of hydrogen-bond acceptors (Lipinski definition) is 3. The number of benzene rings is 2. The van der Waals surface area contributed by atoms with Crippen LogP contribution in [0.1, 0.15) is 10.4 Å².